The molecule has 0 aromatic carbocycles. The first kappa shape index (κ1) is 13.4. The molecule has 1 amide bonds. The molecule has 0 saturated carbocycles. The molecule has 0 aromatic heterocycles. The van der Waals surface area contributed by atoms with Gasteiger partial charge in [0, 0.05) is 18.5 Å². The van der Waals surface area contributed by atoms with Crippen LogP contribution in [0.15, 0.2) is 0 Å². The average Bonchev–Trinajstić information content (AvgIpc) is 2.14. The summed E-state index contributed by atoms with van der Waals surface area (Å²) in [7, 11) is 0. The highest BCUT2D eigenvalue weighted by atomic mass is 16.1. The van der Waals surface area contributed by atoms with Crippen molar-refractivity contribution in [2.24, 2.45) is 17.6 Å². The van der Waals surface area contributed by atoms with Gasteiger partial charge >= 0.3 is 0 Å². The summed E-state index contributed by atoms with van der Waals surface area (Å²) in [6.45, 7) is 8.76. The number of carbonyl (C=O) groups excluding carboxylic acids is 1. The lowest BCUT2D eigenvalue weighted by atomic mass is 10.0. The molecule has 0 aliphatic heterocycles. The molecular weight excluding hydrogens is 176 g/mol. The SMILES string of the molecule is CCC(C)C(=O)NC(CN)CC(C)C. The van der Waals surface area contributed by atoms with Gasteiger partial charge in [-0.1, -0.05) is 27.7 Å². The summed E-state index contributed by atoms with van der Waals surface area (Å²) in [4.78, 5) is 11.6. The minimum absolute atomic E-state index is 0.0937. The zero-order valence-corrected chi connectivity index (χ0v) is 9.84. The van der Waals surface area contributed by atoms with Gasteiger partial charge in [-0.3, -0.25) is 4.79 Å². The van der Waals surface area contributed by atoms with Gasteiger partial charge in [0.05, 0.1) is 0 Å². The molecule has 0 radical (unpaired) electrons. The van der Waals surface area contributed by atoms with E-state index in [0.717, 1.165) is 12.8 Å². The van der Waals surface area contributed by atoms with Crippen molar-refractivity contribution in [1.29, 1.82) is 0 Å². The number of nitrogens with two attached hydrogens (primary N) is 1. The number of rotatable bonds is 6. The van der Waals surface area contributed by atoms with E-state index in [1.165, 1.54) is 0 Å². The fourth-order valence-corrected chi connectivity index (χ4v) is 1.31. The van der Waals surface area contributed by atoms with Crippen LogP contribution in [0.2, 0.25) is 0 Å². The van der Waals surface area contributed by atoms with Crippen LogP contribution in [0.3, 0.4) is 0 Å². The van der Waals surface area contributed by atoms with Crippen molar-refractivity contribution < 1.29 is 4.79 Å². The van der Waals surface area contributed by atoms with Crippen molar-refractivity contribution in [2.75, 3.05) is 6.54 Å². The van der Waals surface area contributed by atoms with E-state index in [0.29, 0.717) is 12.5 Å². The Morgan fingerprint density at radius 2 is 1.93 bits per heavy atom. The van der Waals surface area contributed by atoms with Crippen LogP contribution in [0, 0.1) is 11.8 Å². The standard InChI is InChI=1S/C11H24N2O/c1-5-9(4)11(14)13-10(7-12)6-8(2)3/h8-10H,5-7,12H2,1-4H3,(H,13,14). The van der Waals surface area contributed by atoms with Gasteiger partial charge in [0.25, 0.3) is 0 Å². The Bertz CT molecular complexity index is 169. The van der Waals surface area contributed by atoms with Crippen LogP contribution in [-0.2, 0) is 4.79 Å². The first-order valence-corrected chi connectivity index (χ1v) is 5.51. The van der Waals surface area contributed by atoms with Crippen LogP contribution in [0.4, 0.5) is 0 Å². The number of hydrogen-bond donors (Lipinski definition) is 2. The van der Waals surface area contributed by atoms with Crippen LogP contribution < -0.4 is 11.1 Å². The Morgan fingerprint density at radius 1 is 1.36 bits per heavy atom. The van der Waals surface area contributed by atoms with Gasteiger partial charge in [-0.25, -0.2) is 0 Å². The van der Waals surface area contributed by atoms with Crippen molar-refractivity contribution in [3.8, 4) is 0 Å². The van der Waals surface area contributed by atoms with Gasteiger partial charge in [-0.2, -0.15) is 0 Å². The molecule has 0 bridgehead atoms. The predicted octanol–water partition coefficient (Wildman–Crippen LogP) is 1.52. The summed E-state index contributed by atoms with van der Waals surface area (Å²) in [6.07, 6.45) is 1.84. The van der Waals surface area contributed by atoms with E-state index in [-0.39, 0.29) is 17.9 Å². The second-order valence-electron chi connectivity index (χ2n) is 4.38. The number of amides is 1. The lowest BCUT2D eigenvalue weighted by molar-refractivity contribution is -0.125. The van der Waals surface area contributed by atoms with Crippen molar-refractivity contribution >= 4 is 5.91 Å². The predicted molar refractivity (Wildman–Crippen MR) is 59.9 cm³/mol. The number of carbonyl (C=O) groups is 1. The van der Waals surface area contributed by atoms with Crippen LogP contribution >= 0.6 is 0 Å². The molecule has 0 rings (SSSR count). The highest BCUT2D eigenvalue weighted by Crippen LogP contribution is 2.06. The summed E-state index contributed by atoms with van der Waals surface area (Å²) < 4.78 is 0. The fraction of sp³-hybridized carbons (Fsp3) is 0.909. The maximum absolute atomic E-state index is 11.6. The lowest BCUT2D eigenvalue weighted by Crippen LogP contribution is -2.43. The van der Waals surface area contributed by atoms with Crippen molar-refractivity contribution in [3.05, 3.63) is 0 Å². The van der Waals surface area contributed by atoms with E-state index in [9.17, 15) is 4.79 Å². The van der Waals surface area contributed by atoms with Gasteiger partial charge in [0.15, 0.2) is 0 Å². The molecule has 0 aromatic rings. The molecular formula is C11H24N2O. The lowest BCUT2D eigenvalue weighted by Gasteiger charge is -2.20. The quantitative estimate of drug-likeness (QED) is 0.683. The molecule has 0 aliphatic carbocycles. The van der Waals surface area contributed by atoms with Gasteiger partial charge in [0.1, 0.15) is 0 Å². The van der Waals surface area contributed by atoms with Crippen LogP contribution in [0.5, 0.6) is 0 Å². The zero-order chi connectivity index (χ0) is 11.1. The highest BCUT2D eigenvalue weighted by molar-refractivity contribution is 5.78. The Labute approximate surface area is 87.4 Å². The summed E-state index contributed by atoms with van der Waals surface area (Å²) >= 11 is 0. The van der Waals surface area contributed by atoms with E-state index in [1.54, 1.807) is 0 Å². The first-order valence-electron chi connectivity index (χ1n) is 5.51. The van der Waals surface area contributed by atoms with Crippen LogP contribution in [0.1, 0.15) is 40.5 Å². The molecule has 0 fully saturated rings. The minimum Gasteiger partial charge on any atom is -0.352 e. The Balaban J connectivity index is 3.98. The molecule has 0 spiro atoms. The number of nitrogens with one attached hydrogen (secondary N) is 1. The normalized spacial score (nSPS) is 15.3. The second-order valence-corrected chi connectivity index (χ2v) is 4.38. The fourth-order valence-electron chi connectivity index (χ4n) is 1.31. The van der Waals surface area contributed by atoms with Gasteiger partial charge in [-0.15, -0.1) is 0 Å². The number of hydrogen-bond acceptors (Lipinski definition) is 2. The highest BCUT2D eigenvalue weighted by Gasteiger charge is 2.15. The first-order chi connectivity index (χ1) is 6.51. The molecule has 3 N–H and O–H groups in total. The Hall–Kier alpha value is -0.570. The van der Waals surface area contributed by atoms with E-state index in [2.05, 4.69) is 19.2 Å². The van der Waals surface area contributed by atoms with E-state index in [1.807, 2.05) is 13.8 Å². The summed E-state index contributed by atoms with van der Waals surface area (Å²) in [5.41, 5.74) is 5.60. The molecule has 3 nitrogen and oxygen atoms in total. The van der Waals surface area contributed by atoms with Crippen molar-refractivity contribution in [1.82, 2.24) is 5.32 Å². The average molecular weight is 200 g/mol. The van der Waals surface area contributed by atoms with Gasteiger partial charge < -0.3 is 11.1 Å². The van der Waals surface area contributed by atoms with Gasteiger partial charge in [0.2, 0.25) is 5.91 Å². The molecule has 2 unspecified atom stereocenters. The summed E-state index contributed by atoms with van der Waals surface area (Å²) in [5, 5.41) is 2.98. The Kier molecular flexibility index (Phi) is 6.54. The van der Waals surface area contributed by atoms with Gasteiger partial charge in [-0.05, 0) is 18.8 Å². The monoisotopic (exact) mass is 200 g/mol. The van der Waals surface area contributed by atoms with Crippen LogP contribution in [0.25, 0.3) is 0 Å². The Morgan fingerprint density at radius 3 is 2.29 bits per heavy atom. The minimum atomic E-state index is 0.0937. The topological polar surface area (TPSA) is 55.1 Å². The maximum Gasteiger partial charge on any atom is 0.223 e. The van der Waals surface area contributed by atoms with E-state index in [4.69, 9.17) is 5.73 Å². The third kappa shape index (κ3) is 5.22. The molecule has 0 heterocycles. The molecule has 84 valence electrons. The largest absolute Gasteiger partial charge is 0.352 e. The van der Waals surface area contributed by atoms with Crippen LogP contribution in [-0.4, -0.2) is 18.5 Å². The molecule has 3 heteroatoms. The zero-order valence-electron chi connectivity index (χ0n) is 9.84. The van der Waals surface area contributed by atoms with Crippen molar-refractivity contribution in [2.45, 2.75) is 46.6 Å². The molecule has 2 atom stereocenters. The third-order valence-electron chi connectivity index (χ3n) is 2.45. The summed E-state index contributed by atoms with van der Waals surface area (Å²) in [5.74, 6) is 0.792. The van der Waals surface area contributed by atoms with E-state index >= 15 is 0 Å². The van der Waals surface area contributed by atoms with E-state index < -0.39 is 0 Å². The maximum atomic E-state index is 11.6. The second kappa shape index (κ2) is 6.82. The third-order valence-corrected chi connectivity index (χ3v) is 2.45. The molecule has 0 aliphatic rings. The summed E-state index contributed by atoms with van der Waals surface area (Å²) in [6, 6.07) is 0.136. The molecule has 0 saturated heterocycles. The molecule has 14 heavy (non-hydrogen) atoms. The van der Waals surface area contributed by atoms with Crippen molar-refractivity contribution in [3.63, 3.8) is 0 Å². The smallest absolute Gasteiger partial charge is 0.223 e.